The maximum absolute atomic E-state index is 14.7. The van der Waals surface area contributed by atoms with E-state index in [1.165, 1.54) is 26.4 Å². The van der Waals surface area contributed by atoms with Gasteiger partial charge >= 0.3 is 5.97 Å². The van der Waals surface area contributed by atoms with Gasteiger partial charge in [-0.1, -0.05) is 129 Å². The summed E-state index contributed by atoms with van der Waals surface area (Å²) in [6, 6.07) is 15.1. The van der Waals surface area contributed by atoms with Gasteiger partial charge in [-0.05, 0) is 74.6 Å². The summed E-state index contributed by atoms with van der Waals surface area (Å²) in [6.45, 7) is 16.3. The average Bonchev–Trinajstić information content (AvgIpc) is 4.07. The fourth-order valence-corrected chi connectivity index (χ4v) is 11.0. The van der Waals surface area contributed by atoms with Gasteiger partial charge in [-0.2, -0.15) is 0 Å². The van der Waals surface area contributed by atoms with E-state index in [-0.39, 0.29) is 85.6 Å². The number of carbonyl (C=O) groups is 9. The number of imide groups is 1. The third-order valence-corrected chi connectivity index (χ3v) is 15.9. The van der Waals surface area contributed by atoms with Crippen molar-refractivity contribution in [2.24, 2.45) is 23.7 Å². The topological polar surface area (TPSA) is 242 Å². The molecule has 0 saturated carbocycles. The smallest absolute Gasteiger partial charge is 0.329 e. The van der Waals surface area contributed by atoms with E-state index in [1.54, 1.807) is 30.8 Å². The molecule has 0 unspecified atom stereocenters. The van der Waals surface area contributed by atoms with Crippen molar-refractivity contribution >= 4 is 53.2 Å². The highest BCUT2D eigenvalue weighted by Crippen LogP contribution is 2.31. The number of unbranched alkanes of at least 4 members (excludes halogenated alkanes) is 2. The van der Waals surface area contributed by atoms with Gasteiger partial charge < -0.3 is 34.6 Å². The highest BCUT2D eigenvalue weighted by atomic mass is 16.5. The van der Waals surface area contributed by atoms with Gasteiger partial charge in [0.15, 0.2) is 0 Å². The molecule has 0 aliphatic carbocycles. The summed E-state index contributed by atoms with van der Waals surface area (Å²) in [5.74, 6) is -5.19. The molecule has 0 spiro atoms. The molecule has 4 rings (SSSR count). The molecule has 20 heteroatoms. The van der Waals surface area contributed by atoms with E-state index in [2.05, 4.69) is 21.5 Å². The quantitative estimate of drug-likeness (QED) is 0.0301. The third kappa shape index (κ3) is 19.6. The summed E-state index contributed by atoms with van der Waals surface area (Å²) in [4.78, 5) is 126. The normalized spacial score (nSPS) is 17.7. The second-order valence-electron chi connectivity index (χ2n) is 22.4. The van der Waals surface area contributed by atoms with Crippen molar-refractivity contribution in [1.29, 1.82) is 0 Å². The molecule has 2 aromatic rings. The predicted molar refractivity (Wildman–Crippen MR) is 307 cm³/mol. The molecule has 81 heavy (non-hydrogen) atoms. The van der Waals surface area contributed by atoms with Crippen molar-refractivity contribution in [3.05, 3.63) is 83.9 Å². The first-order chi connectivity index (χ1) is 38.6. The van der Waals surface area contributed by atoms with Crippen molar-refractivity contribution in [3.63, 3.8) is 0 Å². The second kappa shape index (κ2) is 33.4. The number of esters is 1. The first-order valence-corrected chi connectivity index (χ1v) is 28.9. The fourth-order valence-electron chi connectivity index (χ4n) is 11.0. The lowest BCUT2D eigenvalue weighted by molar-refractivity contribution is -0.151. The summed E-state index contributed by atoms with van der Waals surface area (Å²) >= 11 is 0. The van der Waals surface area contributed by atoms with Crippen LogP contribution in [0.4, 0.5) is 0 Å². The minimum Gasteiger partial charge on any atom is -0.459 e. The number of benzene rings is 2. The third-order valence-electron chi connectivity index (χ3n) is 15.9. The summed E-state index contributed by atoms with van der Waals surface area (Å²) < 4.78 is 17.9. The van der Waals surface area contributed by atoms with E-state index in [1.807, 2.05) is 114 Å². The molecule has 2 heterocycles. The van der Waals surface area contributed by atoms with Crippen LogP contribution >= 0.6 is 0 Å². The number of nitrogens with one attached hydrogen (secondary N) is 4. The van der Waals surface area contributed by atoms with Crippen molar-refractivity contribution < 1.29 is 57.4 Å². The number of hydrogen-bond acceptors (Lipinski definition) is 13. The van der Waals surface area contributed by atoms with E-state index in [4.69, 9.17) is 14.2 Å². The number of rotatable bonds is 33. The number of hydrazine groups is 1. The number of nitrogens with zero attached hydrogens (tertiary/aromatic N) is 4. The van der Waals surface area contributed by atoms with Crippen LogP contribution in [0.15, 0.2) is 72.8 Å². The molecule has 1 saturated heterocycles. The maximum Gasteiger partial charge on any atom is 0.329 e. The zero-order chi connectivity index (χ0) is 59.9. The number of hydrogen-bond donors (Lipinski definition) is 4. The van der Waals surface area contributed by atoms with Gasteiger partial charge in [-0.3, -0.25) is 59.0 Å². The molecule has 2 aromatic carbocycles. The van der Waals surface area contributed by atoms with Crippen LogP contribution in [0.2, 0.25) is 0 Å². The van der Waals surface area contributed by atoms with Gasteiger partial charge in [0.25, 0.3) is 11.8 Å². The molecule has 448 valence electrons. The minimum absolute atomic E-state index is 0.0402. The molecule has 2 aliphatic heterocycles. The zero-order valence-electron chi connectivity index (χ0n) is 49.9. The number of ether oxygens (including phenoxy) is 3. The molecule has 0 radical (unpaired) electrons. The standard InChI is InChI=1S/C61H92N8O12/c1-13-41(6)56(67(10)60(77)53(39(2)3)62-59(76)55(40(4)5)66(9)34-24-31-49(71)65-64-48(70)30-21-16-22-35-69-50(72)32-33-51(69)73)47(79-11)37-52(74)68-36-23-29-46(68)57(80-12)43(8)58(75)63-54(42(7)45-27-19-15-20-28-45)61(78)81-38-44-25-17-14-18-26-44/h14-15,17-20,25-28,32-33,39-43,46-47,53-57H,13,16,21-24,29-31,34-38H2,1-12H3,(H,62,76)(H,63,75)(H,64,70)(H,65,71)/t41-,42-,43+,46-,47+,53-,54-,55-,56-,57+/m0/s1. The van der Waals surface area contributed by atoms with Crippen LogP contribution in [0.5, 0.6) is 0 Å². The molecule has 0 aromatic heterocycles. The van der Waals surface area contributed by atoms with Crippen molar-refractivity contribution in [1.82, 2.24) is 41.1 Å². The lowest BCUT2D eigenvalue weighted by atomic mass is 9.89. The van der Waals surface area contributed by atoms with E-state index >= 15 is 0 Å². The van der Waals surface area contributed by atoms with Crippen LogP contribution in [0, 0.1) is 23.7 Å². The van der Waals surface area contributed by atoms with Crippen LogP contribution in [0.1, 0.15) is 137 Å². The van der Waals surface area contributed by atoms with E-state index in [0.717, 1.165) is 16.0 Å². The van der Waals surface area contributed by atoms with Gasteiger partial charge in [0.05, 0.1) is 42.7 Å². The largest absolute Gasteiger partial charge is 0.459 e. The Morgan fingerprint density at radius 1 is 0.716 bits per heavy atom. The zero-order valence-corrected chi connectivity index (χ0v) is 49.9. The van der Waals surface area contributed by atoms with Gasteiger partial charge in [-0.25, -0.2) is 4.79 Å². The maximum atomic E-state index is 14.7. The minimum atomic E-state index is -1.02. The number of amides is 8. The van der Waals surface area contributed by atoms with Crippen LogP contribution in [0.3, 0.4) is 0 Å². The molecule has 2 aliphatic rings. The Balaban J connectivity index is 1.36. The monoisotopic (exact) mass is 1130 g/mol. The Morgan fingerprint density at radius 2 is 1.31 bits per heavy atom. The molecule has 8 amide bonds. The van der Waals surface area contributed by atoms with Crippen LogP contribution in [-0.2, 0) is 64.0 Å². The lowest BCUT2D eigenvalue weighted by Gasteiger charge is -2.41. The lowest BCUT2D eigenvalue weighted by Crippen LogP contribution is -2.60. The van der Waals surface area contributed by atoms with Crippen LogP contribution in [-0.4, -0.2) is 163 Å². The van der Waals surface area contributed by atoms with Gasteiger partial charge in [0.1, 0.15) is 18.7 Å². The van der Waals surface area contributed by atoms with Crippen molar-refractivity contribution in [2.45, 2.75) is 175 Å². The molecular formula is C61H92N8O12. The second-order valence-corrected chi connectivity index (χ2v) is 22.4. The molecule has 20 nitrogen and oxygen atoms in total. The molecular weight excluding hydrogens is 1040 g/mol. The Kier molecular flexibility index (Phi) is 27.6. The number of likely N-dealkylation sites (N-methyl/N-ethyl adjacent to an activating group) is 2. The van der Waals surface area contributed by atoms with Gasteiger partial charge in [0.2, 0.25) is 35.4 Å². The Morgan fingerprint density at radius 3 is 1.88 bits per heavy atom. The van der Waals surface area contributed by atoms with Gasteiger partial charge in [-0.15, -0.1) is 0 Å². The predicted octanol–water partition coefficient (Wildman–Crippen LogP) is 5.45. The van der Waals surface area contributed by atoms with E-state index < -0.39 is 72.0 Å². The first kappa shape index (κ1) is 67.0. The number of carbonyl (C=O) groups excluding carboxylic acids is 9. The van der Waals surface area contributed by atoms with E-state index in [9.17, 15) is 43.2 Å². The molecule has 4 N–H and O–H groups in total. The molecule has 0 bridgehead atoms. The SMILES string of the molecule is CC[C@H](C)[C@@H]([C@@H](CC(=O)N1CCC[C@H]1[C@H](OC)[C@@H](C)C(=O)N[C@H](C(=O)OCc1ccccc1)[C@@H](C)c1ccccc1)OC)N(C)C(=O)[C@@H](NC(=O)[C@H](C(C)C)N(C)CCCC(=O)NNC(=O)CCCCCN1C(=O)C=CC1=O)C(C)C. The Hall–Kier alpha value is -6.51. The Labute approximate surface area is 480 Å². The summed E-state index contributed by atoms with van der Waals surface area (Å²) in [5, 5.41) is 6.05. The van der Waals surface area contributed by atoms with Gasteiger partial charge in [0, 0.05) is 65.3 Å². The molecule has 1 fully saturated rings. The van der Waals surface area contributed by atoms with Crippen LogP contribution in [0.25, 0.3) is 0 Å². The number of methoxy groups -OCH3 is 2. The van der Waals surface area contributed by atoms with Crippen molar-refractivity contribution in [3.8, 4) is 0 Å². The average molecular weight is 1130 g/mol. The molecule has 10 atom stereocenters. The summed E-state index contributed by atoms with van der Waals surface area (Å²) in [6.07, 6.45) is 5.13. The highest BCUT2D eigenvalue weighted by molar-refractivity contribution is 6.12. The highest BCUT2D eigenvalue weighted by Gasteiger charge is 2.44. The van der Waals surface area contributed by atoms with E-state index in [0.29, 0.717) is 58.0 Å². The fraction of sp³-hybridized carbons (Fsp3) is 0.623. The van der Waals surface area contributed by atoms with Crippen LogP contribution < -0.4 is 21.5 Å². The summed E-state index contributed by atoms with van der Waals surface area (Å²) in [7, 11) is 6.51. The first-order valence-electron chi connectivity index (χ1n) is 28.9. The summed E-state index contributed by atoms with van der Waals surface area (Å²) in [5.41, 5.74) is 6.53. The number of likely N-dealkylation sites (tertiary alicyclic amines) is 1. The Bertz CT molecular complexity index is 2410. The van der Waals surface area contributed by atoms with Crippen molar-refractivity contribution in [2.75, 3.05) is 47.9 Å².